The molecule has 0 bridgehead atoms. The van der Waals surface area contributed by atoms with Gasteiger partial charge in [-0.25, -0.2) is 0 Å². The number of furan rings is 1. The Morgan fingerprint density at radius 3 is 1.59 bits per heavy atom. The van der Waals surface area contributed by atoms with Crippen LogP contribution in [-0.4, -0.2) is 0 Å². The molecule has 10 rings (SSSR count). The summed E-state index contributed by atoms with van der Waals surface area (Å²) in [5, 5.41) is -1.77. The summed E-state index contributed by atoms with van der Waals surface area (Å²) < 4.78 is 219. The van der Waals surface area contributed by atoms with E-state index >= 15 is 0 Å². The van der Waals surface area contributed by atoms with Crippen molar-refractivity contribution in [3.05, 3.63) is 181 Å². The second kappa shape index (κ2) is 11.1. The first kappa shape index (κ1) is 12.9. The van der Waals surface area contributed by atoms with E-state index in [0.717, 1.165) is 0 Å². The quantitative estimate of drug-likeness (QED) is 0.173. The summed E-state index contributed by atoms with van der Waals surface area (Å²) >= 11 is 0. The minimum Gasteiger partial charge on any atom is -0.456 e. The highest BCUT2D eigenvalue weighted by molar-refractivity contribution is 6.24. The van der Waals surface area contributed by atoms with Gasteiger partial charge >= 0.3 is 0 Å². The zero-order chi connectivity index (χ0) is 53.2. The summed E-state index contributed by atoms with van der Waals surface area (Å²) in [5.74, 6) is 0. The zero-order valence-corrected chi connectivity index (χ0v) is 24.9. The molecule has 0 spiro atoms. The highest BCUT2D eigenvalue weighted by Gasteiger charge is 2.19. The van der Waals surface area contributed by atoms with Crippen molar-refractivity contribution in [2.45, 2.75) is 0 Å². The summed E-state index contributed by atoms with van der Waals surface area (Å²) in [7, 11) is 0. The van der Waals surface area contributed by atoms with E-state index in [4.69, 9.17) is 27.7 Å². The Balaban J connectivity index is 1.39. The molecule has 0 aliphatic carbocycles. The van der Waals surface area contributed by atoms with E-state index in [1.165, 1.54) is 12.1 Å². The molecule has 49 heavy (non-hydrogen) atoms. The van der Waals surface area contributed by atoms with Crippen LogP contribution in [0.25, 0.3) is 98.8 Å². The molecule has 1 heteroatoms. The number of hydrogen-bond donors (Lipinski definition) is 0. The minimum absolute atomic E-state index is 0.0696. The fraction of sp³-hybridized carbons (Fsp3) is 0. The Morgan fingerprint density at radius 2 is 0.918 bits per heavy atom. The lowest BCUT2D eigenvalue weighted by atomic mass is 9.84. The first-order chi connectivity index (χ1) is 34.3. The Bertz CT molecular complexity index is 4120. The molecule has 0 N–H and O–H groups in total. The first-order valence-electron chi connectivity index (χ1n) is 26.9. The van der Waals surface area contributed by atoms with Crippen LogP contribution < -0.4 is 0 Å². The molecule has 0 aliphatic heterocycles. The predicted molar refractivity (Wildman–Crippen MR) is 208 cm³/mol. The molecule has 0 aliphatic rings. The maximum Gasteiger partial charge on any atom is 0.136 e. The van der Waals surface area contributed by atoms with Crippen molar-refractivity contribution in [3.63, 3.8) is 0 Å². The van der Waals surface area contributed by atoms with Gasteiger partial charge in [0.05, 0.1) is 32.9 Å². The maximum absolute atomic E-state index is 9.81. The van der Waals surface area contributed by atoms with Gasteiger partial charge in [-0.15, -0.1) is 0 Å². The van der Waals surface area contributed by atoms with E-state index in [1.807, 2.05) is 0 Å². The van der Waals surface area contributed by atoms with Gasteiger partial charge < -0.3 is 4.42 Å². The molecule has 0 radical (unpaired) electrons. The van der Waals surface area contributed by atoms with Crippen LogP contribution in [0, 0.1) is 0 Å². The largest absolute Gasteiger partial charge is 0.456 e. The van der Waals surface area contributed by atoms with Crippen molar-refractivity contribution >= 4 is 54.3 Å². The van der Waals surface area contributed by atoms with E-state index in [2.05, 4.69) is 0 Å². The zero-order valence-electron chi connectivity index (χ0n) is 48.9. The van der Waals surface area contributed by atoms with Gasteiger partial charge in [0.15, 0.2) is 0 Å². The second-order valence-corrected chi connectivity index (χ2v) is 11.0. The van der Waals surface area contributed by atoms with Gasteiger partial charge in [0.25, 0.3) is 0 Å². The second-order valence-electron chi connectivity index (χ2n) is 11.0. The van der Waals surface area contributed by atoms with Gasteiger partial charge in [-0.3, -0.25) is 0 Å². The molecular formula is C48H30O. The van der Waals surface area contributed by atoms with Crippen molar-refractivity contribution in [3.8, 4) is 44.5 Å². The van der Waals surface area contributed by atoms with Gasteiger partial charge in [-0.1, -0.05) is 163 Å². The molecule has 228 valence electrons. The lowest BCUT2D eigenvalue weighted by Gasteiger charge is -2.19. The topological polar surface area (TPSA) is 13.1 Å². The molecule has 0 fully saturated rings. The summed E-state index contributed by atoms with van der Waals surface area (Å²) in [5.41, 5.74) is -3.25. The lowest BCUT2D eigenvalue weighted by molar-refractivity contribution is 0.669. The average molecular weight is 647 g/mol. The van der Waals surface area contributed by atoms with Crippen LogP contribution >= 0.6 is 0 Å². The minimum atomic E-state index is -0.823. The molecule has 0 saturated heterocycles. The van der Waals surface area contributed by atoms with Gasteiger partial charge in [-0.2, -0.15) is 0 Å². The van der Waals surface area contributed by atoms with Gasteiger partial charge in [0, 0.05) is 10.8 Å². The number of benzene rings is 9. The molecule has 0 amide bonds. The van der Waals surface area contributed by atoms with E-state index < -0.39 is 189 Å². The molecule has 1 nitrogen and oxygen atoms in total. The summed E-state index contributed by atoms with van der Waals surface area (Å²) in [6.07, 6.45) is 0. The Hall–Kier alpha value is -6.44. The van der Waals surface area contributed by atoms with E-state index in [0.29, 0.717) is 0 Å². The number of fused-ring (bicyclic) bond motifs is 6. The van der Waals surface area contributed by atoms with E-state index in [9.17, 15) is 9.60 Å². The van der Waals surface area contributed by atoms with E-state index in [1.54, 1.807) is 24.3 Å². The van der Waals surface area contributed by atoms with Gasteiger partial charge in [0.1, 0.15) is 11.2 Å². The fourth-order valence-corrected chi connectivity index (χ4v) is 6.41. The van der Waals surface area contributed by atoms with Crippen LogP contribution in [0.3, 0.4) is 0 Å². The normalized spacial score (nSPS) is 18.5. The van der Waals surface area contributed by atoms with Crippen LogP contribution in [0.4, 0.5) is 0 Å². The third-order valence-electron chi connectivity index (χ3n) is 8.41. The number of rotatable bonds is 4. The van der Waals surface area contributed by atoms with Gasteiger partial charge in [0.2, 0.25) is 0 Å². The first-order valence-corrected chi connectivity index (χ1v) is 14.9. The third kappa shape index (κ3) is 4.33. The van der Waals surface area contributed by atoms with Crippen LogP contribution in [0.2, 0.25) is 0 Å². The molecule has 0 unspecified atom stereocenters. The lowest BCUT2D eigenvalue weighted by Crippen LogP contribution is -1.92. The van der Waals surface area contributed by atoms with Crippen molar-refractivity contribution in [1.29, 1.82) is 0 Å². The fourth-order valence-electron chi connectivity index (χ4n) is 6.41. The molecule has 1 aromatic heterocycles. The van der Waals surface area contributed by atoms with Crippen molar-refractivity contribution in [2.75, 3.05) is 0 Å². The smallest absolute Gasteiger partial charge is 0.136 e. The maximum atomic E-state index is 9.81. The predicted octanol–water partition coefficient (Wildman–Crippen LogP) is 13.7. The monoisotopic (exact) mass is 646 g/mol. The highest BCUT2D eigenvalue weighted by atomic mass is 16.3. The van der Waals surface area contributed by atoms with Crippen LogP contribution in [-0.2, 0) is 0 Å². The molecule has 1 heterocycles. The third-order valence-corrected chi connectivity index (χ3v) is 8.41. The molecule has 9 aromatic carbocycles. The van der Waals surface area contributed by atoms with Crippen LogP contribution in [0.1, 0.15) is 32.9 Å². The van der Waals surface area contributed by atoms with Crippen molar-refractivity contribution in [1.82, 2.24) is 0 Å². The molecular weight excluding hydrogens is 593 g/mol. The number of hydrogen-bond acceptors (Lipinski definition) is 1. The average Bonchev–Trinajstić information content (AvgIpc) is 3.78. The Morgan fingerprint density at radius 1 is 0.347 bits per heavy atom. The molecule has 10 aromatic rings. The summed E-state index contributed by atoms with van der Waals surface area (Å²) in [6.45, 7) is 0. The van der Waals surface area contributed by atoms with Crippen LogP contribution in [0.5, 0.6) is 0 Å². The van der Waals surface area contributed by atoms with E-state index in [-0.39, 0.29) is 54.6 Å². The van der Waals surface area contributed by atoms with Crippen molar-refractivity contribution in [2.24, 2.45) is 0 Å². The Labute approximate surface area is 318 Å². The SMILES string of the molecule is [2H]c1c([2H])c([2H])c(-c2c3c([2H])c([2H])c([2H])c([2H])c3c(-c3ccc(-c4c([2H])c([2H])c5oc6c([2H])c([2H])c([2H])c(-c7c([2H])c([2H])c([2H])c([2H])c7[2H])c6c5c4[2H])c4ccccc34)c3c([2H])c([2H])c([2H])c([2H])c23)c([2H])c1[2H]. The Kier molecular flexibility index (Phi) is 2.91. The molecule has 0 atom stereocenters. The van der Waals surface area contributed by atoms with Crippen LogP contribution in [0.15, 0.2) is 186 Å². The molecule has 0 saturated carbocycles. The van der Waals surface area contributed by atoms with Gasteiger partial charge in [-0.05, 0) is 95.0 Å². The summed E-state index contributed by atoms with van der Waals surface area (Å²) in [4.78, 5) is 0. The van der Waals surface area contributed by atoms with Crippen molar-refractivity contribution < 1.29 is 37.3 Å². The summed E-state index contributed by atoms with van der Waals surface area (Å²) in [6, 6.07) is -8.89. The highest BCUT2D eigenvalue weighted by Crippen LogP contribution is 2.47. The standard InChI is InChI=1S/C48H30O/c1-3-14-31(15-4-1)35-24-13-25-45-48(35)43-30-33(26-29-44(43)49-45)34-27-28-42(37-19-8-7-18-36(34)37)47-40-22-11-9-20-38(40)46(32-16-5-2-6-17-32)39-21-10-12-23-41(39)47/h1-30H/i1D,2D,3D,4D,5D,6D,9D,10D,11D,12D,13D,14D,15D,16D,17D,20D,21D,22D,23D,24D,25D,26D,29D,30D.